The van der Waals surface area contributed by atoms with Crippen LogP contribution in [0.5, 0.6) is 11.5 Å². The van der Waals surface area contributed by atoms with Crippen LogP contribution < -0.4 is 20.5 Å². The van der Waals surface area contributed by atoms with Crippen LogP contribution in [0.4, 0.5) is 5.69 Å². The zero-order valence-electron chi connectivity index (χ0n) is 15.1. The Hall–Kier alpha value is -3.15. The number of aromatic amines is 1. The third kappa shape index (κ3) is 4.08. The molecule has 0 radical (unpaired) electrons. The summed E-state index contributed by atoms with van der Waals surface area (Å²) in [4.78, 5) is 7.69. The molecule has 2 aromatic carbocycles. The lowest BCUT2D eigenvalue weighted by molar-refractivity contribution is 0.355. The monoisotopic (exact) mass is 352 g/mol. The van der Waals surface area contributed by atoms with E-state index in [9.17, 15) is 0 Å². The van der Waals surface area contributed by atoms with Crippen LogP contribution in [0.3, 0.4) is 0 Å². The minimum atomic E-state index is 0.385. The van der Waals surface area contributed by atoms with E-state index in [1.54, 1.807) is 14.2 Å². The van der Waals surface area contributed by atoms with E-state index in [-0.39, 0.29) is 0 Å². The van der Waals surface area contributed by atoms with E-state index in [2.05, 4.69) is 39.7 Å². The van der Waals surface area contributed by atoms with Crippen molar-refractivity contribution >= 4 is 22.5 Å². The van der Waals surface area contributed by atoms with E-state index in [1.165, 1.54) is 16.5 Å². The van der Waals surface area contributed by atoms with Crippen LogP contribution in [0, 0.1) is 0 Å². The van der Waals surface area contributed by atoms with Crippen molar-refractivity contribution in [2.24, 2.45) is 10.7 Å². The molecule has 0 amide bonds. The first-order chi connectivity index (χ1) is 12.7. The van der Waals surface area contributed by atoms with E-state index in [0.717, 1.165) is 18.5 Å². The number of aliphatic imine (C=N–C) groups is 1. The van der Waals surface area contributed by atoms with Crippen LogP contribution >= 0.6 is 0 Å². The van der Waals surface area contributed by atoms with Gasteiger partial charge in [0.2, 0.25) is 0 Å². The highest BCUT2D eigenvalue weighted by atomic mass is 16.5. The molecule has 6 heteroatoms. The lowest BCUT2D eigenvalue weighted by Crippen LogP contribution is -2.22. The molecule has 6 nitrogen and oxygen atoms in total. The quantitative estimate of drug-likeness (QED) is 0.345. The van der Waals surface area contributed by atoms with Gasteiger partial charge in [-0.2, -0.15) is 0 Å². The van der Waals surface area contributed by atoms with Crippen molar-refractivity contribution in [1.82, 2.24) is 4.98 Å². The zero-order valence-corrected chi connectivity index (χ0v) is 15.1. The summed E-state index contributed by atoms with van der Waals surface area (Å²) in [6, 6.07) is 13.8. The second-order valence-corrected chi connectivity index (χ2v) is 5.92. The number of para-hydroxylation sites is 1. The topological polar surface area (TPSA) is 84.7 Å². The molecule has 0 atom stereocenters. The van der Waals surface area contributed by atoms with E-state index in [1.807, 2.05) is 24.3 Å². The number of nitrogens with two attached hydrogens (primary N) is 1. The average molecular weight is 352 g/mol. The highest BCUT2D eigenvalue weighted by Gasteiger charge is 2.05. The fourth-order valence-corrected chi connectivity index (χ4v) is 2.91. The van der Waals surface area contributed by atoms with Gasteiger partial charge >= 0.3 is 0 Å². The fraction of sp³-hybridized carbons (Fsp3) is 0.250. The molecule has 0 saturated carbocycles. The first-order valence-corrected chi connectivity index (χ1v) is 8.55. The maximum atomic E-state index is 5.98. The Bertz CT molecular complexity index is 902. The maximum Gasteiger partial charge on any atom is 0.193 e. The Balaban J connectivity index is 1.54. The summed E-state index contributed by atoms with van der Waals surface area (Å²) in [5, 5.41) is 4.35. The first-order valence-electron chi connectivity index (χ1n) is 8.55. The van der Waals surface area contributed by atoms with Gasteiger partial charge < -0.3 is 25.5 Å². The second-order valence-electron chi connectivity index (χ2n) is 5.92. The van der Waals surface area contributed by atoms with Gasteiger partial charge in [0.1, 0.15) is 0 Å². The Kier molecular flexibility index (Phi) is 5.63. The summed E-state index contributed by atoms with van der Waals surface area (Å²) < 4.78 is 10.5. The van der Waals surface area contributed by atoms with Gasteiger partial charge in [-0.25, -0.2) is 0 Å². The van der Waals surface area contributed by atoms with E-state index < -0.39 is 0 Å². The van der Waals surface area contributed by atoms with Crippen molar-refractivity contribution in [3.05, 3.63) is 54.2 Å². The minimum Gasteiger partial charge on any atom is -0.493 e. The number of fused-ring (bicyclic) bond motifs is 1. The van der Waals surface area contributed by atoms with Crippen molar-refractivity contribution in [3.8, 4) is 11.5 Å². The number of methoxy groups -OCH3 is 2. The smallest absolute Gasteiger partial charge is 0.193 e. The van der Waals surface area contributed by atoms with Gasteiger partial charge in [0.15, 0.2) is 17.5 Å². The number of anilines is 1. The van der Waals surface area contributed by atoms with Gasteiger partial charge in [-0.05, 0) is 36.6 Å². The number of benzene rings is 2. The lowest BCUT2D eigenvalue weighted by Gasteiger charge is -2.10. The van der Waals surface area contributed by atoms with Crippen molar-refractivity contribution < 1.29 is 9.47 Å². The summed E-state index contributed by atoms with van der Waals surface area (Å²) >= 11 is 0. The van der Waals surface area contributed by atoms with Crippen molar-refractivity contribution in [3.63, 3.8) is 0 Å². The molecule has 0 saturated heterocycles. The Morgan fingerprint density at radius 3 is 2.73 bits per heavy atom. The van der Waals surface area contributed by atoms with E-state index in [0.29, 0.717) is 24.0 Å². The van der Waals surface area contributed by atoms with Crippen LogP contribution in [0.25, 0.3) is 10.9 Å². The molecule has 0 aliphatic rings. The highest BCUT2D eigenvalue weighted by Crippen LogP contribution is 2.29. The summed E-state index contributed by atoms with van der Waals surface area (Å²) in [6.07, 6.45) is 3.95. The third-order valence-electron chi connectivity index (χ3n) is 4.22. The Morgan fingerprint density at radius 1 is 1.12 bits per heavy atom. The number of aromatic nitrogens is 1. The fourth-order valence-electron chi connectivity index (χ4n) is 2.91. The molecule has 3 rings (SSSR count). The molecule has 1 aromatic heterocycles. The number of nitrogens with one attached hydrogen (secondary N) is 2. The lowest BCUT2D eigenvalue weighted by atomic mass is 10.1. The van der Waals surface area contributed by atoms with Gasteiger partial charge in [0.05, 0.1) is 14.2 Å². The van der Waals surface area contributed by atoms with Crippen LogP contribution in [-0.2, 0) is 6.42 Å². The summed E-state index contributed by atoms with van der Waals surface area (Å²) in [6.45, 7) is 0.658. The largest absolute Gasteiger partial charge is 0.493 e. The van der Waals surface area contributed by atoms with Gasteiger partial charge in [-0.15, -0.1) is 0 Å². The normalized spacial score (nSPS) is 11.5. The third-order valence-corrected chi connectivity index (χ3v) is 4.22. The van der Waals surface area contributed by atoms with Crippen molar-refractivity contribution in [2.45, 2.75) is 12.8 Å². The standard InChI is InChI=1S/C20H24N4O2/c1-25-18-10-9-15(12-19(18)26-2)24-20(21)22-11-5-6-14-13-23-17-8-4-3-7-16(14)17/h3-4,7-10,12-13,23H,5-6,11H2,1-2H3,(H3,21,22,24). The van der Waals surface area contributed by atoms with Gasteiger partial charge in [-0.3, -0.25) is 4.99 Å². The molecule has 1 heterocycles. The molecule has 26 heavy (non-hydrogen) atoms. The van der Waals surface area contributed by atoms with Crippen LogP contribution in [-0.4, -0.2) is 31.7 Å². The predicted octanol–water partition coefficient (Wildman–Crippen LogP) is 3.54. The number of hydrogen-bond donors (Lipinski definition) is 3. The molecule has 0 bridgehead atoms. The van der Waals surface area contributed by atoms with Crippen molar-refractivity contribution in [2.75, 3.05) is 26.1 Å². The molecule has 4 N–H and O–H groups in total. The highest BCUT2D eigenvalue weighted by molar-refractivity contribution is 5.92. The first kappa shape index (κ1) is 17.7. The number of guanidine groups is 1. The number of ether oxygens (including phenoxy) is 2. The van der Waals surface area contributed by atoms with Crippen molar-refractivity contribution in [1.29, 1.82) is 0 Å². The number of rotatable bonds is 7. The molecule has 0 spiro atoms. The molecule has 136 valence electrons. The van der Waals surface area contributed by atoms with Crippen LogP contribution in [0.2, 0.25) is 0 Å². The van der Waals surface area contributed by atoms with Crippen LogP contribution in [0.1, 0.15) is 12.0 Å². The van der Waals surface area contributed by atoms with Gasteiger partial charge in [-0.1, -0.05) is 18.2 Å². The Morgan fingerprint density at radius 2 is 1.92 bits per heavy atom. The summed E-state index contributed by atoms with van der Waals surface area (Å²) in [5.41, 5.74) is 9.26. The van der Waals surface area contributed by atoms with E-state index in [4.69, 9.17) is 15.2 Å². The molecule has 0 unspecified atom stereocenters. The average Bonchev–Trinajstić information content (AvgIpc) is 3.08. The number of aryl methyl sites for hydroxylation is 1. The minimum absolute atomic E-state index is 0.385. The summed E-state index contributed by atoms with van der Waals surface area (Å²) in [5.74, 6) is 1.70. The SMILES string of the molecule is COc1ccc(NC(N)=NCCCc2c[nH]c3ccccc23)cc1OC. The molecule has 0 aliphatic carbocycles. The van der Waals surface area contributed by atoms with Gasteiger partial charge in [0, 0.05) is 35.4 Å². The molecular formula is C20H24N4O2. The predicted molar refractivity (Wildman–Crippen MR) is 106 cm³/mol. The molecule has 0 aliphatic heterocycles. The number of H-pyrrole nitrogens is 1. The molecular weight excluding hydrogens is 328 g/mol. The zero-order chi connectivity index (χ0) is 18.4. The summed E-state index contributed by atoms with van der Waals surface area (Å²) in [7, 11) is 3.21. The van der Waals surface area contributed by atoms with Crippen LogP contribution in [0.15, 0.2) is 53.7 Å². The number of nitrogens with zero attached hydrogens (tertiary/aromatic N) is 1. The molecule has 3 aromatic rings. The molecule has 0 fully saturated rings. The second kappa shape index (κ2) is 8.29. The number of hydrogen-bond acceptors (Lipinski definition) is 3. The Labute approximate surface area is 153 Å². The van der Waals surface area contributed by atoms with E-state index >= 15 is 0 Å². The van der Waals surface area contributed by atoms with Gasteiger partial charge in [0.25, 0.3) is 0 Å². The maximum absolute atomic E-state index is 5.98.